The van der Waals surface area contributed by atoms with Gasteiger partial charge in [-0.2, -0.15) is 0 Å². The molecule has 2 heterocycles. The fourth-order valence-corrected chi connectivity index (χ4v) is 4.41. The topological polar surface area (TPSA) is 91.0 Å². The summed E-state index contributed by atoms with van der Waals surface area (Å²) in [6.45, 7) is 6.88. The van der Waals surface area contributed by atoms with E-state index in [0.29, 0.717) is 42.2 Å². The van der Waals surface area contributed by atoms with Gasteiger partial charge >= 0.3 is 0 Å². The number of anilines is 1. The highest BCUT2D eigenvalue weighted by atomic mass is 16.2. The number of nitrogens with zero attached hydrogens (tertiary/aromatic N) is 3. The summed E-state index contributed by atoms with van der Waals surface area (Å²) in [5, 5.41) is 3.45. The zero-order valence-electron chi connectivity index (χ0n) is 20.0. The van der Waals surface area contributed by atoms with E-state index in [1.54, 1.807) is 6.07 Å². The van der Waals surface area contributed by atoms with Gasteiger partial charge in [0.2, 0.25) is 5.91 Å². The van der Waals surface area contributed by atoms with Crippen molar-refractivity contribution in [3.63, 3.8) is 0 Å². The van der Waals surface area contributed by atoms with Gasteiger partial charge in [0, 0.05) is 55.0 Å². The summed E-state index contributed by atoms with van der Waals surface area (Å²) in [4.78, 5) is 34.4. The third-order valence-electron chi connectivity index (χ3n) is 6.11. The number of benzene rings is 2. The SMILES string of the molecule is CCCN(CCC)C(=O)C1=Cc2ccc(C(=O)N3CC(Nc4ccccc4)C3)cc2N=C(N)C1. The Morgan fingerprint density at radius 1 is 1.09 bits per heavy atom. The fourth-order valence-electron chi connectivity index (χ4n) is 4.41. The predicted octanol–water partition coefficient (Wildman–Crippen LogP) is 4.05. The molecule has 2 aromatic carbocycles. The molecule has 4 rings (SSSR count). The Hall–Kier alpha value is -3.61. The van der Waals surface area contributed by atoms with Crippen LogP contribution in [0, 0.1) is 0 Å². The van der Waals surface area contributed by atoms with Crippen LogP contribution in [0.4, 0.5) is 11.4 Å². The number of nitrogens with two attached hydrogens (primary N) is 1. The third kappa shape index (κ3) is 5.30. The molecule has 0 aromatic heterocycles. The molecule has 7 heteroatoms. The summed E-state index contributed by atoms with van der Waals surface area (Å²) in [7, 11) is 0. The van der Waals surface area contributed by atoms with Crippen molar-refractivity contribution in [2.24, 2.45) is 10.7 Å². The number of hydrogen-bond donors (Lipinski definition) is 2. The second-order valence-electron chi connectivity index (χ2n) is 8.93. The Bertz CT molecular complexity index is 1100. The quantitative estimate of drug-likeness (QED) is 0.623. The minimum absolute atomic E-state index is 0.00684. The standard InChI is InChI=1S/C27H33N5O2/c1-3-12-31(13-4-2)27(34)21-14-19-10-11-20(15-24(19)30-25(28)16-21)26(33)32-17-23(18-32)29-22-8-6-5-7-9-22/h5-11,14-15,23,29H,3-4,12-13,16-18H2,1-2H3,(H2,28,30). The number of hydrogen-bond acceptors (Lipinski definition) is 5. The molecule has 0 unspecified atom stereocenters. The van der Waals surface area contributed by atoms with Crippen LogP contribution in [0.3, 0.4) is 0 Å². The molecule has 1 fully saturated rings. The summed E-state index contributed by atoms with van der Waals surface area (Å²) >= 11 is 0. The monoisotopic (exact) mass is 459 g/mol. The minimum atomic E-state index is -0.0238. The summed E-state index contributed by atoms with van der Waals surface area (Å²) < 4.78 is 0. The molecule has 0 atom stereocenters. The first kappa shape index (κ1) is 23.5. The number of likely N-dealkylation sites (tertiary alicyclic amines) is 1. The van der Waals surface area contributed by atoms with E-state index in [2.05, 4.69) is 24.2 Å². The highest BCUT2D eigenvalue weighted by Crippen LogP contribution is 2.29. The van der Waals surface area contributed by atoms with Crippen LogP contribution in [-0.2, 0) is 4.79 Å². The van der Waals surface area contributed by atoms with E-state index in [1.165, 1.54) is 0 Å². The van der Waals surface area contributed by atoms with Crippen molar-refractivity contribution in [3.8, 4) is 0 Å². The normalized spacial score (nSPS) is 15.4. The lowest BCUT2D eigenvalue weighted by Gasteiger charge is -2.40. The fraction of sp³-hybridized carbons (Fsp3) is 0.370. The lowest BCUT2D eigenvalue weighted by Crippen LogP contribution is -2.57. The van der Waals surface area contributed by atoms with E-state index >= 15 is 0 Å². The van der Waals surface area contributed by atoms with Gasteiger partial charge in [-0.15, -0.1) is 0 Å². The Morgan fingerprint density at radius 3 is 2.47 bits per heavy atom. The van der Waals surface area contributed by atoms with Crippen LogP contribution in [0.1, 0.15) is 49.0 Å². The van der Waals surface area contributed by atoms with Crippen LogP contribution in [0.2, 0.25) is 0 Å². The molecule has 2 amide bonds. The lowest BCUT2D eigenvalue weighted by molar-refractivity contribution is -0.127. The Balaban J connectivity index is 1.47. The minimum Gasteiger partial charge on any atom is -0.387 e. The average molecular weight is 460 g/mol. The van der Waals surface area contributed by atoms with Crippen LogP contribution >= 0.6 is 0 Å². The Kier molecular flexibility index (Phi) is 7.30. The number of fused-ring (bicyclic) bond motifs is 1. The van der Waals surface area contributed by atoms with Gasteiger partial charge in [0.25, 0.3) is 5.91 Å². The summed E-state index contributed by atoms with van der Waals surface area (Å²) in [6, 6.07) is 15.7. The molecule has 7 nitrogen and oxygen atoms in total. The second kappa shape index (κ2) is 10.5. The Labute approximate surface area is 201 Å². The summed E-state index contributed by atoms with van der Waals surface area (Å²) in [5.41, 5.74) is 9.88. The number of carbonyl (C=O) groups is 2. The van der Waals surface area contributed by atoms with E-state index < -0.39 is 0 Å². The first-order valence-corrected chi connectivity index (χ1v) is 12.1. The van der Waals surface area contributed by atoms with E-state index in [4.69, 9.17) is 5.73 Å². The van der Waals surface area contributed by atoms with Crippen LogP contribution in [-0.4, -0.2) is 59.7 Å². The molecule has 178 valence electrons. The van der Waals surface area contributed by atoms with E-state index in [-0.39, 0.29) is 17.9 Å². The smallest absolute Gasteiger partial charge is 0.254 e. The van der Waals surface area contributed by atoms with E-state index in [9.17, 15) is 9.59 Å². The zero-order valence-corrected chi connectivity index (χ0v) is 20.0. The highest BCUT2D eigenvalue weighted by molar-refractivity contribution is 6.06. The number of amidine groups is 1. The van der Waals surface area contributed by atoms with Crippen LogP contribution in [0.15, 0.2) is 59.1 Å². The van der Waals surface area contributed by atoms with Gasteiger partial charge in [0.15, 0.2) is 0 Å². The maximum Gasteiger partial charge on any atom is 0.254 e. The van der Waals surface area contributed by atoms with Gasteiger partial charge in [-0.05, 0) is 43.2 Å². The largest absolute Gasteiger partial charge is 0.387 e. The van der Waals surface area contributed by atoms with Crippen molar-refractivity contribution in [3.05, 3.63) is 65.2 Å². The maximum absolute atomic E-state index is 13.1. The summed E-state index contributed by atoms with van der Waals surface area (Å²) in [5.74, 6) is 0.364. The number of carbonyl (C=O) groups excluding carboxylic acids is 2. The number of rotatable bonds is 8. The predicted molar refractivity (Wildman–Crippen MR) is 137 cm³/mol. The van der Waals surface area contributed by atoms with Gasteiger partial charge in [-0.25, -0.2) is 4.99 Å². The van der Waals surface area contributed by atoms with Crippen molar-refractivity contribution in [2.45, 2.75) is 39.2 Å². The Morgan fingerprint density at radius 2 is 1.79 bits per heavy atom. The lowest BCUT2D eigenvalue weighted by atomic mass is 10.0. The first-order chi connectivity index (χ1) is 16.5. The molecule has 2 aromatic rings. The summed E-state index contributed by atoms with van der Waals surface area (Å²) in [6.07, 6.45) is 3.99. The molecule has 0 bridgehead atoms. The molecule has 3 N–H and O–H groups in total. The van der Waals surface area contributed by atoms with Crippen molar-refractivity contribution >= 4 is 35.1 Å². The molecule has 0 saturated carbocycles. The van der Waals surface area contributed by atoms with Crippen LogP contribution < -0.4 is 11.1 Å². The molecule has 0 aliphatic carbocycles. The highest BCUT2D eigenvalue weighted by Gasteiger charge is 2.31. The van der Waals surface area contributed by atoms with Gasteiger partial charge in [0.05, 0.1) is 11.7 Å². The van der Waals surface area contributed by atoms with E-state index in [0.717, 1.165) is 37.2 Å². The number of amides is 2. The number of para-hydroxylation sites is 1. The van der Waals surface area contributed by atoms with Gasteiger partial charge in [-0.1, -0.05) is 38.1 Å². The third-order valence-corrected chi connectivity index (χ3v) is 6.11. The van der Waals surface area contributed by atoms with Gasteiger partial charge in [-0.3, -0.25) is 9.59 Å². The van der Waals surface area contributed by atoms with E-state index in [1.807, 2.05) is 58.3 Å². The molecule has 1 saturated heterocycles. The number of nitrogens with one attached hydrogen (secondary N) is 1. The molecular weight excluding hydrogens is 426 g/mol. The molecule has 34 heavy (non-hydrogen) atoms. The average Bonchev–Trinajstić information content (AvgIpc) is 2.98. The van der Waals surface area contributed by atoms with Crippen LogP contribution in [0.25, 0.3) is 6.08 Å². The van der Waals surface area contributed by atoms with Crippen molar-refractivity contribution in [2.75, 3.05) is 31.5 Å². The number of aliphatic imine (C=N–C) groups is 1. The maximum atomic E-state index is 13.1. The van der Waals surface area contributed by atoms with Gasteiger partial charge < -0.3 is 20.9 Å². The molecular formula is C27H33N5O2. The first-order valence-electron chi connectivity index (χ1n) is 12.1. The molecule has 0 spiro atoms. The molecule has 0 radical (unpaired) electrons. The van der Waals surface area contributed by atoms with Gasteiger partial charge in [0.1, 0.15) is 5.84 Å². The zero-order chi connectivity index (χ0) is 24.1. The van der Waals surface area contributed by atoms with Crippen molar-refractivity contribution < 1.29 is 9.59 Å². The van der Waals surface area contributed by atoms with Crippen molar-refractivity contribution in [1.82, 2.24) is 9.80 Å². The van der Waals surface area contributed by atoms with Crippen molar-refractivity contribution in [1.29, 1.82) is 0 Å². The molecule has 2 aliphatic rings. The second-order valence-corrected chi connectivity index (χ2v) is 8.93. The van der Waals surface area contributed by atoms with Crippen LogP contribution in [0.5, 0.6) is 0 Å². The molecule has 2 aliphatic heterocycles.